The molecular formula is C12H17N3. The summed E-state index contributed by atoms with van der Waals surface area (Å²) in [5.41, 5.74) is 2.15. The molecule has 0 saturated carbocycles. The van der Waals surface area contributed by atoms with Crippen LogP contribution in [-0.4, -0.2) is 15.0 Å². The highest BCUT2D eigenvalue weighted by Gasteiger charge is 2.14. The summed E-state index contributed by atoms with van der Waals surface area (Å²) in [4.78, 5) is 0. The average molecular weight is 203 g/mol. The highest BCUT2D eigenvalue weighted by molar-refractivity contribution is 5.31. The summed E-state index contributed by atoms with van der Waals surface area (Å²) in [7, 11) is 0. The highest BCUT2D eigenvalue weighted by atomic mass is 15.4. The fourth-order valence-corrected chi connectivity index (χ4v) is 1.82. The van der Waals surface area contributed by atoms with E-state index in [2.05, 4.69) is 29.1 Å². The van der Waals surface area contributed by atoms with Crippen LogP contribution < -0.4 is 0 Å². The molecule has 1 aliphatic heterocycles. The number of rotatable bonds is 2. The first-order valence-electron chi connectivity index (χ1n) is 5.83. The number of hydrogen-bond acceptors (Lipinski definition) is 2. The predicted molar refractivity (Wildman–Crippen MR) is 59.4 cm³/mol. The zero-order valence-corrected chi connectivity index (χ0v) is 9.29. The largest absolute Gasteiger partial charge is 0.248 e. The number of nitrogens with zero attached hydrogens (tertiary/aromatic N) is 3. The Bertz CT molecular complexity index is 381. The standard InChI is InChI=1S/C12H17N3/c1-2-3-4-5-8-11-12-9-6-7-10-15(12)14-13-11/h2-4,6-7,9-10H2,1H3. The fourth-order valence-electron chi connectivity index (χ4n) is 1.82. The summed E-state index contributed by atoms with van der Waals surface area (Å²) in [5, 5.41) is 8.25. The van der Waals surface area contributed by atoms with Gasteiger partial charge in [0.05, 0.1) is 5.69 Å². The van der Waals surface area contributed by atoms with E-state index in [4.69, 9.17) is 0 Å². The van der Waals surface area contributed by atoms with E-state index in [1.807, 2.05) is 4.68 Å². The molecule has 3 heteroatoms. The monoisotopic (exact) mass is 203 g/mol. The third kappa shape index (κ3) is 2.38. The highest BCUT2D eigenvalue weighted by Crippen LogP contribution is 2.15. The molecule has 2 heterocycles. The van der Waals surface area contributed by atoms with Crippen LogP contribution in [0.1, 0.15) is 50.4 Å². The van der Waals surface area contributed by atoms with Gasteiger partial charge in [-0.2, -0.15) is 0 Å². The molecule has 1 aromatic heterocycles. The Morgan fingerprint density at radius 2 is 2.33 bits per heavy atom. The van der Waals surface area contributed by atoms with Gasteiger partial charge in [0, 0.05) is 13.0 Å². The molecule has 1 aromatic rings. The SMILES string of the molecule is CCCCC#Cc1nnn2c1CCCC2. The third-order valence-electron chi connectivity index (χ3n) is 2.73. The Hall–Kier alpha value is -1.30. The van der Waals surface area contributed by atoms with E-state index in [9.17, 15) is 0 Å². The quantitative estimate of drug-likeness (QED) is 0.544. The molecule has 0 atom stereocenters. The molecule has 15 heavy (non-hydrogen) atoms. The van der Waals surface area contributed by atoms with Crippen molar-refractivity contribution in [3.05, 3.63) is 11.4 Å². The van der Waals surface area contributed by atoms with Gasteiger partial charge >= 0.3 is 0 Å². The van der Waals surface area contributed by atoms with E-state index < -0.39 is 0 Å². The molecule has 0 bridgehead atoms. The molecule has 3 nitrogen and oxygen atoms in total. The third-order valence-corrected chi connectivity index (χ3v) is 2.73. The fraction of sp³-hybridized carbons (Fsp3) is 0.667. The van der Waals surface area contributed by atoms with Crippen molar-refractivity contribution in [1.82, 2.24) is 15.0 Å². The van der Waals surface area contributed by atoms with Crippen molar-refractivity contribution in [2.45, 2.75) is 52.0 Å². The molecule has 0 spiro atoms. The van der Waals surface area contributed by atoms with Crippen LogP contribution in [0.2, 0.25) is 0 Å². The first-order chi connectivity index (χ1) is 7.42. The lowest BCUT2D eigenvalue weighted by Gasteiger charge is -2.11. The second-order valence-corrected chi connectivity index (χ2v) is 3.97. The maximum absolute atomic E-state index is 4.13. The van der Waals surface area contributed by atoms with Crippen LogP contribution in [0.15, 0.2) is 0 Å². The minimum absolute atomic E-state index is 0.908. The maximum atomic E-state index is 4.13. The van der Waals surface area contributed by atoms with E-state index in [1.54, 1.807) is 0 Å². The summed E-state index contributed by atoms with van der Waals surface area (Å²) in [6.07, 6.45) is 6.91. The van der Waals surface area contributed by atoms with Gasteiger partial charge in [0.1, 0.15) is 0 Å². The number of aromatic nitrogens is 3. The second-order valence-electron chi connectivity index (χ2n) is 3.97. The molecule has 80 valence electrons. The van der Waals surface area contributed by atoms with Crippen LogP contribution in [0.25, 0.3) is 0 Å². The van der Waals surface area contributed by atoms with Gasteiger partial charge in [0.2, 0.25) is 0 Å². The molecule has 0 fully saturated rings. The molecule has 2 rings (SSSR count). The lowest BCUT2D eigenvalue weighted by molar-refractivity contribution is 0.476. The summed E-state index contributed by atoms with van der Waals surface area (Å²) in [5.74, 6) is 6.32. The van der Waals surface area contributed by atoms with E-state index in [0.717, 1.165) is 25.1 Å². The van der Waals surface area contributed by atoms with Crippen molar-refractivity contribution in [3.8, 4) is 11.8 Å². The minimum Gasteiger partial charge on any atom is -0.248 e. The Morgan fingerprint density at radius 3 is 3.20 bits per heavy atom. The van der Waals surface area contributed by atoms with Crippen LogP contribution in [0.4, 0.5) is 0 Å². The van der Waals surface area contributed by atoms with Gasteiger partial charge in [-0.25, -0.2) is 4.68 Å². The lowest BCUT2D eigenvalue weighted by atomic mass is 10.1. The van der Waals surface area contributed by atoms with Crippen molar-refractivity contribution in [3.63, 3.8) is 0 Å². The zero-order chi connectivity index (χ0) is 10.5. The van der Waals surface area contributed by atoms with Crippen LogP contribution in [0.5, 0.6) is 0 Å². The summed E-state index contributed by atoms with van der Waals surface area (Å²) in [6.45, 7) is 3.20. The van der Waals surface area contributed by atoms with Gasteiger partial charge in [-0.15, -0.1) is 5.10 Å². The van der Waals surface area contributed by atoms with Gasteiger partial charge in [0.25, 0.3) is 0 Å². The van der Waals surface area contributed by atoms with Gasteiger partial charge in [-0.3, -0.25) is 0 Å². The number of fused-ring (bicyclic) bond motifs is 1. The number of hydrogen-bond donors (Lipinski definition) is 0. The van der Waals surface area contributed by atoms with E-state index in [-0.39, 0.29) is 0 Å². The zero-order valence-electron chi connectivity index (χ0n) is 9.29. The van der Waals surface area contributed by atoms with Crippen LogP contribution in [0.3, 0.4) is 0 Å². The average Bonchev–Trinajstić information content (AvgIpc) is 2.68. The summed E-state index contributed by atoms with van der Waals surface area (Å²) < 4.78 is 2.01. The van der Waals surface area contributed by atoms with Gasteiger partial charge < -0.3 is 0 Å². The Balaban J connectivity index is 2.07. The molecule has 0 N–H and O–H groups in total. The van der Waals surface area contributed by atoms with E-state index in [0.29, 0.717) is 0 Å². The van der Waals surface area contributed by atoms with Crippen molar-refractivity contribution in [2.24, 2.45) is 0 Å². The summed E-state index contributed by atoms with van der Waals surface area (Å²) >= 11 is 0. The Kier molecular flexibility index (Phi) is 3.39. The minimum atomic E-state index is 0.908. The lowest BCUT2D eigenvalue weighted by Crippen LogP contribution is -2.11. The van der Waals surface area contributed by atoms with Gasteiger partial charge in [0.15, 0.2) is 5.69 Å². The van der Waals surface area contributed by atoms with Crippen molar-refractivity contribution >= 4 is 0 Å². The van der Waals surface area contributed by atoms with Crippen molar-refractivity contribution < 1.29 is 0 Å². The van der Waals surface area contributed by atoms with Crippen LogP contribution in [0, 0.1) is 11.8 Å². The van der Waals surface area contributed by atoms with E-state index in [1.165, 1.54) is 31.4 Å². The maximum Gasteiger partial charge on any atom is 0.158 e. The molecule has 0 aromatic carbocycles. The molecule has 0 amide bonds. The predicted octanol–water partition coefficient (Wildman–Crippen LogP) is 2.16. The molecule has 0 saturated heterocycles. The Labute approximate surface area is 90.9 Å². The number of aryl methyl sites for hydroxylation is 1. The summed E-state index contributed by atoms with van der Waals surface area (Å²) in [6, 6.07) is 0. The molecular weight excluding hydrogens is 186 g/mol. The molecule has 0 aliphatic carbocycles. The van der Waals surface area contributed by atoms with Gasteiger partial charge in [-0.05, 0) is 31.6 Å². The first kappa shape index (κ1) is 10.2. The molecule has 0 radical (unpaired) electrons. The Morgan fingerprint density at radius 1 is 1.40 bits per heavy atom. The normalized spacial score (nSPS) is 14.2. The molecule has 1 aliphatic rings. The smallest absolute Gasteiger partial charge is 0.158 e. The van der Waals surface area contributed by atoms with Crippen molar-refractivity contribution in [1.29, 1.82) is 0 Å². The van der Waals surface area contributed by atoms with Crippen LogP contribution in [-0.2, 0) is 13.0 Å². The van der Waals surface area contributed by atoms with Crippen molar-refractivity contribution in [2.75, 3.05) is 0 Å². The second kappa shape index (κ2) is 4.97. The van der Waals surface area contributed by atoms with Gasteiger partial charge in [-0.1, -0.05) is 24.5 Å². The number of unbranched alkanes of at least 4 members (excludes halogenated alkanes) is 2. The topological polar surface area (TPSA) is 30.7 Å². The molecule has 0 unspecified atom stereocenters. The first-order valence-corrected chi connectivity index (χ1v) is 5.83. The van der Waals surface area contributed by atoms with E-state index >= 15 is 0 Å². The van der Waals surface area contributed by atoms with Crippen LogP contribution >= 0.6 is 0 Å².